The lowest BCUT2D eigenvalue weighted by molar-refractivity contribution is 0.368. The summed E-state index contributed by atoms with van der Waals surface area (Å²) in [7, 11) is -6.00. The minimum Gasteiger partial charge on any atom is -0.418 e. The molecule has 0 spiro atoms. The van der Waals surface area contributed by atoms with E-state index in [-0.39, 0.29) is 0 Å². The molecule has 0 aromatic heterocycles. The van der Waals surface area contributed by atoms with Crippen molar-refractivity contribution in [1.29, 1.82) is 0 Å². The van der Waals surface area contributed by atoms with Gasteiger partial charge in [-0.3, -0.25) is 0 Å². The van der Waals surface area contributed by atoms with Gasteiger partial charge in [-0.05, 0) is 6.42 Å². The molecule has 0 radical (unpaired) electrons. The summed E-state index contributed by atoms with van der Waals surface area (Å²) < 4.78 is 40.6. The van der Waals surface area contributed by atoms with Crippen LogP contribution < -0.4 is 0 Å². The molecule has 0 saturated carbocycles. The highest BCUT2D eigenvalue weighted by atomic mass is 32.2. The predicted octanol–water partition coefficient (Wildman–Crippen LogP) is 2.96. The summed E-state index contributed by atoms with van der Waals surface area (Å²) in [6, 6.07) is 0. The van der Waals surface area contributed by atoms with Gasteiger partial charge in [0.1, 0.15) is 0 Å². The Morgan fingerprint density at radius 2 is 1.54 bits per heavy atom. The molecule has 0 aromatic rings. The highest BCUT2D eigenvalue weighted by Gasteiger charge is 2.20. The molecule has 8 heteroatoms. The third-order valence-corrected chi connectivity index (χ3v) is 5.10. The fourth-order valence-corrected chi connectivity index (χ4v) is 3.90. The minimum absolute atomic E-state index is 1.34. The fourth-order valence-electron chi connectivity index (χ4n) is 0.529. The van der Waals surface area contributed by atoms with E-state index in [1.807, 2.05) is 34.9 Å². The van der Waals surface area contributed by atoms with E-state index in [9.17, 15) is 17.3 Å². The molecule has 0 nitrogen and oxygen atoms in total. The first-order chi connectivity index (χ1) is 5.93. The second-order valence-electron chi connectivity index (χ2n) is 2.00. The monoisotopic (exact) mass is 252 g/mol. The van der Waals surface area contributed by atoms with Crippen molar-refractivity contribution in [2.45, 2.75) is 6.42 Å². The lowest BCUT2D eigenvalue weighted by Crippen LogP contribution is -2.02. The van der Waals surface area contributed by atoms with E-state index in [0.717, 1.165) is 0 Å². The third kappa shape index (κ3) is 12.6. The Balaban J connectivity index is 0.000000252. The molecule has 0 aromatic carbocycles. The van der Waals surface area contributed by atoms with E-state index in [4.69, 9.17) is 0 Å². The molecule has 78 valence electrons. The highest BCUT2D eigenvalue weighted by Crippen LogP contribution is 2.23. The van der Waals surface area contributed by atoms with Crippen molar-refractivity contribution < 1.29 is 17.3 Å². The molecule has 1 saturated heterocycles. The van der Waals surface area contributed by atoms with Gasteiger partial charge in [0.25, 0.3) is 3.53 Å². The summed E-state index contributed by atoms with van der Waals surface area (Å²) in [5.41, 5.74) is 0. The van der Waals surface area contributed by atoms with Crippen molar-refractivity contribution in [3.05, 3.63) is 0 Å². The Kier molecular flexibility index (Phi) is 7.25. The summed E-state index contributed by atoms with van der Waals surface area (Å²) in [6.07, 6.45) is 3.54. The molecule has 13 heavy (non-hydrogen) atoms. The molecule has 0 N–H and O–H groups in total. The molecule has 0 bridgehead atoms. The van der Waals surface area contributed by atoms with Gasteiger partial charge in [0.2, 0.25) is 0 Å². The summed E-state index contributed by atoms with van der Waals surface area (Å²) in [5, 5.41) is 0. The van der Waals surface area contributed by atoms with Crippen LogP contribution in [0.3, 0.4) is 0 Å². The van der Waals surface area contributed by atoms with Gasteiger partial charge >= 0.3 is 7.25 Å². The van der Waals surface area contributed by atoms with Crippen molar-refractivity contribution >= 4 is 45.7 Å². The van der Waals surface area contributed by atoms with E-state index in [2.05, 4.69) is 6.26 Å². The molecule has 0 amide bonds. The molecule has 0 atom stereocenters. The van der Waals surface area contributed by atoms with Crippen LogP contribution in [0.25, 0.3) is 0 Å². The molecule has 1 rings (SSSR count). The van der Waals surface area contributed by atoms with Crippen LogP contribution >= 0.6 is 23.5 Å². The first kappa shape index (κ1) is 13.6. The first-order valence-corrected chi connectivity index (χ1v) is 6.67. The van der Waals surface area contributed by atoms with E-state index >= 15 is 0 Å². The zero-order valence-corrected chi connectivity index (χ0v) is 9.38. The van der Waals surface area contributed by atoms with Crippen molar-refractivity contribution in [2.24, 2.45) is 0 Å². The summed E-state index contributed by atoms with van der Waals surface area (Å²) in [6.45, 7) is 0. The number of rotatable bonds is 0. The number of hydrogen-bond donors (Lipinski definition) is 0. The lowest BCUT2D eigenvalue weighted by atomic mass is 10.3. The average molecular weight is 252 g/mol. The smallest absolute Gasteiger partial charge is 0.418 e. The Labute approximate surface area is 87.3 Å². The highest BCUT2D eigenvalue weighted by molar-refractivity contribution is 8.47. The average Bonchev–Trinajstić information content (AvgIpc) is 2.03. The molecule has 1 heterocycles. The van der Waals surface area contributed by atoms with Crippen LogP contribution in [0.1, 0.15) is 6.42 Å². The third-order valence-electron chi connectivity index (χ3n) is 0.895. The van der Waals surface area contributed by atoms with Crippen molar-refractivity contribution in [1.82, 2.24) is 0 Å². The maximum Gasteiger partial charge on any atom is 0.673 e. The molecular weight excluding hydrogens is 243 g/mol. The van der Waals surface area contributed by atoms with E-state index in [1.165, 1.54) is 17.9 Å². The maximum atomic E-state index is 9.75. The number of halogens is 4. The molecule has 0 aliphatic carbocycles. The summed E-state index contributed by atoms with van der Waals surface area (Å²) >= 11 is 5.90. The molecular formula is C5H9BF4S3. The normalized spacial score (nSPS) is 17.5. The number of thioether (sulfide) groups is 2. The molecule has 1 fully saturated rings. The zero-order valence-electron chi connectivity index (χ0n) is 6.94. The number of hydrogen-bond acceptors (Lipinski definition) is 2. The molecule has 1 aliphatic rings. The molecule has 1 aliphatic heterocycles. The Bertz CT molecular complexity index is 156. The standard InChI is InChI=1S/C5H9S3.BF4/c1-6-5-7-3-2-4-8-5;2-1(3,4)5/h2-4H2,1H3;/q+1;-1. The van der Waals surface area contributed by atoms with Gasteiger partial charge in [0, 0.05) is 11.5 Å². The van der Waals surface area contributed by atoms with Gasteiger partial charge in [-0.2, -0.15) is 0 Å². The Morgan fingerprint density at radius 3 is 1.77 bits per heavy atom. The van der Waals surface area contributed by atoms with Crippen LogP contribution in [0, 0.1) is 0 Å². The van der Waals surface area contributed by atoms with E-state index in [0.29, 0.717) is 0 Å². The van der Waals surface area contributed by atoms with Gasteiger partial charge < -0.3 is 17.3 Å². The van der Waals surface area contributed by atoms with Gasteiger partial charge in [-0.15, -0.1) is 0 Å². The Hall–Kier alpha value is 0.575. The van der Waals surface area contributed by atoms with Crippen LogP contribution in [0.5, 0.6) is 0 Å². The van der Waals surface area contributed by atoms with Gasteiger partial charge in [0.15, 0.2) is 17.6 Å². The fraction of sp³-hybridized carbons (Fsp3) is 0.800. The summed E-state index contributed by atoms with van der Waals surface area (Å²) in [5.74, 6) is 2.67. The maximum absolute atomic E-state index is 9.75. The predicted molar refractivity (Wildman–Crippen MR) is 58.0 cm³/mol. The van der Waals surface area contributed by atoms with Crippen molar-refractivity contribution in [3.63, 3.8) is 0 Å². The summed E-state index contributed by atoms with van der Waals surface area (Å²) in [4.78, 5) is 0. The van der Waals surface area contributed by atoms with Crippen LogP contribution in [0.15, 0.2) is 0 Å². The Morgan fingerprint density at radius 1 is 1.15 bits per heavy atom. The molecule has 0 unspecified atom stereocenters. The van der Waals surface area contributed by atoms with Gasteiger partial charge in [-0.25, -0.2) is 0 Å². The van der Waals surface area contributed by atoms with Crippen LogP contribution in [0.4, 0.5) is 17.3 Å². The lowest BCUT2D eigenvalue weighted by Gasteiger charge is -2.02. The second-order valence-corrected chi connectivity index (χ2v) is 5.80. The SMILES string of the molecule is C[S+]=C1SCCCS1.F[B-](F)(F)F. The van der Waals surface area contributed by atoms with Crippen molar-refractivity contribution in [2.75, 3.05) is 17.8 Å². The minimum atomic E-state index is -6.00. The van der Waals surface area contributed by atoms with Crippen LogP contribution in [0.2, 0.25) is 0 Å². The van der Waals surface area contributed by atoms with Crippen LogP contribution in [-0.4, -0.2) is 28.5 Å². The first-order valence-electron chi connectivity index (χ1n) is 3.47. The van der Waals surface area contributed by atoms with Crippen LogP contribution in [-0.2, 0) is 11.4 Å². The largest absolute Gasteiger partial charge is 0.673 e. The van der Waals surface area contributed by atoms with Gasteiger partial charge in [-0.1, -0.05) is 23.5 Å². The second kappa shape index (κ2) is 6.95. The zero-order chi connectivity index (χ0) is 10.3. The van der Waals surface area contributed by atoms with E-state index < -0.39 is 7.25 Å². The van der Waals surface area contributed by atoms with E-state index in [1.54, 1.807) is 3.53 Å². The van der Waals surface area contributed by atoms with Gasteiger partial charge in [0.05, 0.1) is 0 Å². The van der Waals surface area contributed by atoms with Crippen molar-refractivity contribution in [3.8, 4) is 0 Å². The quantitative estimate of drug-likeness (QED) is 0.281. The topological polar surface area (TPSA) is 0 Å².